The number of aliphatic carboxylic acids is 1. The number of ether oxygens (including phenoxy) is 1. The molecule has 5 N–H and O–H groups in total. The molecular formula is C6H12N2O4S. The van der Waals surface area contributed by atoms with Gasteiger partial charge in [0.2, 0.25) is 0 Å². The van der Waals surface area contributed by atoms with E-state index in [0.29, 0.717) is 5.75 Å². The summed E-state index contributed by atoms with van der Waals surface area (Å²) in [7, 11) is 0. The lowest BCUT2D eigenvalue weighted by molar-refractivity contribution is -0.137. The number of hydrogen-bond acceptors (Lipinski definition) is 5. The molecule has 0 aromatic carbocycles. The van der Waals surface area contributed by atoms with Crippen molar-refractivity contribution in [1.29, 1.82) is 0 Å². The molecule has 6 nitrogen and oxygen atoms in total. The molecule has 1 atom stereocenters. The van der Waals surface area contributed by atoms with E-state index >= 15 is 0 Å². The van der Waals surface area contributed by atoms with E-state index in [9.17, 15) is 9.59 Å². The molecule has 0 aliphatic carbocycles. The summed E-state index contributed by atoms with van der Waals surface area (Å²) in [5.74, 6) is -0.259. The number of carboxylic acid groups (broad SMARTS) is 1. The van der Waals surface area contributed by atoms with E-state index < -0.39 is 18.1 Å². The predicted molar refractivity (Wildman–Crippen MR) is 48.5 cm³/mol. The summed E-state index contributed by atoms with van der Waals surface area (Å²) in [5, 5.41) is 8.38. The van der Waals surface area contributed by atoms with Crippen LogP contribution in [0.15, 0.2) is 0 Å². The molecule has 0 aromatic heterocycles. The zero-order chi connectivity index (χ0) is 10.3. The highest BCUT2D eigenvalue weighted by atomic mass is 32.2. The highest BCUT2D eigenvalue weighted by Gasteiger charge is 2.10. The molecule has 0 spiro atoms. The van der Waals surface area contributed by atoms with Crippen LogP contribution >= 0.6 is 11.8 Å². The third kappa shape index (κ3) is 7.41. The second-order valence-corrected chi connectivity index (χ2v) is 3.34. The monoisotopic (exact) mass is 208 g/mol. The molecule has 7 heteroatoms. The summed E-state index contributed by atoms with van der Waals surface area (Å²) in [5.41, 5.74) is 9.90. The molecule has 0 aliphatic rings. The molecule has 0 aromatic rings. The number of rotatable bonds is 6. The number of carboxylic acids is 1. The predicted octanol–water partition coefficient (Wildman–Crippen LogP) is -0.773. The van der Waals surface area contributed by atoms with Crippen molar-refractivity contribution in [3.05, 3.63) is 0 Å². The van der Waals surface area contributed by atoms with Gasteiger partial charge in [-0.2, -0.15) is 11.8 Å². The van der Waals surface area contributed by atoms with Gasteiger partial charge in [-0.05, 0) is 0 Å². The SMILES string of the molecule is NC(=O)OCCSC[C@H](N)C(=O)O. The number of carbonyl (C=O) groups is 2. The smallest absolute Gasteiger partial charge is 0.404 e. The van der Waals surface area contributed by atoms with Crippen molar-refractivity contribution in [2.45, 2.75) is 6.04 Å². The number of carbonyl (C=O) groups excluding carboxylic acids is 1. The van der Waals surface area contributed by atoms with Crippen molar-refractivity contribution in [2.75, 3.05) is 18.1 Å². The van der Waals surface area contributed by atoms with Crippen molar-refractivity contribution in [1.82, 2.24) is 0 Å². The maximum atomic E-state index is 10.2. The summed E-state index contributed by atoms with van der Waals surface area (Å²) in [6.45, 7) is 0.173. The van der Waals surface area contributed by atoms with Crippen LogP contribution in [-0.4, -0.2) is 41.3 Å². The van der Waals surface area contributed by atoms with E-state index in [-0.39, 0.29) is 12.4 Å². The number of primary amides is 1. The Morgan fingerprint density at radius 2 is 2.15 bits per heavy atom. The number of thioether (sulfide) groups is 1. The summed E-state index contributed by atoms with van der Waals surface area (Å²) >= 11 is 1.29. The Morgan fingerprint density at radius 3 is 2.62 bits per heavy atom. The minimum Gasteiger partial charge on any atom is -0.480 e. The maximum Gasteiger partial charge on any atom is 0.404 e. The standard InChI is InChI=1S/C6H12N2O4S/c7-4(5(9)10)3-13-2-1-12-6(8)11/h4H,1-3,7H2,(H2,8,11)(H,9,10)/t4-/m0/s1. The third-order valence-corrected chi connectivity index (χ3v) is 2.14. The van der Waals surface area contributed by atoms with Crippen LogP contribution in [0.25, 0.3) is 0 Å². The van der Waals surface area contributed by atoms with Crippen molar-refractivity contribution in [3.8, 4) is 0 Å². The molecule has 13 heavy (non-hydrogen) atoms. The van der Waals surface area contributed by atoms with Gasteiger partial charge in [0.05, 0.1) is 0 Å². The number of hydrogen-bond donors (Lipinski definition) is 3. The van der Waals surface area contributed by atoms with Gasteiger partial charge in [-0.1, -0.05) is 0 Å². The molecule has 0 rings (SSSR count). The Kier molecular flexibility index (Phi) is 6.07. The first-order chi connectivity index (χ1) is 6.04. The Balaban J connectivity index is 3.26. The fraction of sp³-hybridized carbons (Fsp3) is 0.667. The third-order valence-electron chi connectivity index (χ3n) is 1.09. The average Bonchev–Trinajstić information content (AvgIpc) is 2.02. The number of nitrogens with two attached hydrogens (primary N) is 2. The first-order valence-electron chi connectivity index (χ1n) is 3.52. The Morgan fingerprint density at radius 1 is 1.54 bits per heavy atom. The van der Waals surface area contributed by atoms with Crippen LogP contribution in [0.2, 0.25) is 0 Å². The molecule has 0 radical (unpaired) electrons. The Bertz CT molecular complexity index is 187. The van der Waals surface area contributed by atoms with E-state index in [1.807, 2.05) is 0 Å². The van der Waals surface area contributed by atoms with E-state index in [2.05, 4.69) is 4.74 Å². The van der Waals surface area contributed by atoms with Crippen LogP contribution < -0.4 is 11.5 Å². The molecule has 0 unspecified atom stereocenters. The fourth-order valence-electron chi connectivity index (χ4n) is 0.483. The fourth-order valence-corrected chi connectivity index (χ4v) is 1.25. The summed E-state index contributed by atoms with van der Waals surface area (Å²) < 4.78 is 4.41. The van der Waals surface area contributed by atoms with Crippen LogP contribution in [0, 0.1) is 0 Å². The van der Waals surface area contributed by atoms with Crippen LogP contribution in [0.1, 0.15) is 0 Å². The number of amides is 1. The minimum absolute atomic E-state index is 0.173. The highest BCUT2D eigenvalue weighted by molar-refractivity contribution is 7.99. The molecule has 1 amide bonds. The summed E-state index contributed by atoms with van der Waals surface area (Å²) in [4.78, 5) is 20.3. The molecule has 76 valence electrons. The lowest BCUT2D eigenvalue weighted by Gasteiger charge is -2.05. The van der Waals surface area contributed by atoms with Gasteiger partial charge in [-0.25, -0.2) is 4.79 Å². The Labute approximate surface area is 79.6 Å². The first kappa shape index (κ1) is 12.0. The van der Waals surface area contributed by atoms with Gasteiger partial charge >= 0.3 is 12.1 Å². The van der Waals surface area contributed by atoms with Crippen LogP contribution in [0.5, 0.6) is 0 Å². The largest absolute Gasteiger partial charge is 0.480 e. The van der Waals surface area contributed by atoms with Crippen LogP contribution in [-0.2, 0) is 9.53 Å². The quantitative estimate of drug-likeness (QED) is 0.493. The maximum absolute atomic E-state index is 10.2. The lowest BCUT2D eigenvalue weighted by Crippen LogP contribution is -2.32. The van der Waals surface area contributed by atoms with Gasteiger partial charge in [0.15, 0.2) is 0 Å². The zero-order valence-corrected chi connectivity index (χ0v) is 7.75. The lowest BCUT2D eigenvalue weighted by atomic mass is 10.4. The van der Waals surface area contributed by atoms with Gasteiger partial charge in [-0.3, -0.25) is 4.79 Å². The summed E-state index contributed by atoms with van der Waals surface area (Å²) in [6.07, 6.45) is -0.830. The highest BCUT2D eigenvalue weighted by Crippen LogP contribution is 2.01. The molecule has 0 aliphatic heterocycles. The van der Waals surface area contributed by atoms with E-state index in [0.717, 1.165) is 0 Å². The molecular weight excluding hydrogens is 196 g/mol. The molecule has 0 saturated heterocycles. The van der Waals surface area contributed by atoms with Crippen molar-refractivity contribution in [2.24, 2.45) is 11.5 Å². The minimum atomic E-state index is -1.04. The summed E-state index contributed by atoms with van der Waals surface area (Å²) in [6, 6.07) is -0.876. The van der Waals surface area contributed by atoms with Crippen molar-refractivity contribution in [3.63, 3.8) is 0 Å². The van der Waals surface area contributed by atoms with Crippen molar-refractivity contribution < 1.29 is 19.4 Å². The first-order valence-corrected chi connectivity index (χ1v) is 4.68. The van der Waals surface area contributed by atoms with Gasteiger partial charge in [0.1, 0.15) is 12.6 Å². The van der Waals surface area contributed by atoms with Crippen LogP contribution in [0.4, 0.5) is 4.79 Å². The molecule has 0 bridgehead atoms. The van der Waals surface area contributed by atoms with Gasteiger partial charge < -0.3 is 21.3 Å². The van der Waals surface area contributed by atoms with Gasteiger partial charge in [-0.15, -0.1) is 0 Å². The topological polar surface area (TPSA) is 116 Å². The molecule has 0 saturated carbocycles. The van der Waals surface area contributed by atoms with Gasteiger partial charge in [0, 0.05) is 11.5 Å². The van der Waals surface area contributed by atoms with E-state index in [1.165, 1.54) is 11.8 Å². The van der Waals surface area contributed by atoms with Crippen molar-refractivity contribution >= 4 is 23.8 Å². The Hall–Kier alpha value is -0.950. The van der Waals surface area contributed by atoms with E-state index in [1.54, 1.807) is 0 Å². The second-order valence-electron chi connectivity index (χ2n) is 2.19. The van der Waals surface area contributed by atoms with E-state index in [4.69, 9.17) is 16.6 Å². The second kappa shape index (κ2) is 6.55. The van der Waals surface area contributed by atoms with Gasteiger partial charge in [0.25, 0.3) is 0 Å². The van der Waals surface area contributed by atoms with Crippen LogP contribution in [0.3, 0.4) is 0 Å². The molecule has 0 heterocycles. The normalized spacial score (nSPS) is 12.1. The average molecular weight is 208 g/mol. The molecule has 0 fully saturated rings. The zero-order valence-electron chi connectivity index (χ0n) is 6.93.